The van der Waals surface area contributed by atoms with Crippen molar-refractivity contribution in [3.05, 3.63) is 67.6 Å². The van der Waals surface area contributed by atoms with E-state index in [1.165, 1.54) is 11.1 Å². The maximum Gasteiger partial charge on any atom is 0.0838 e. The van der Waals surface area contributed by atoms with Crippen molar-refractivity contribution in [1.29, 1.82) is 0 Å². The minimum absolute atomic E-state index is 0.126. The first kappa shape index (κ1) is 14.1. The van der Waals surface area contributed by atoms with Gasteiger partial charge in [-0.15, -0.1) is 11.6 Å². The quantitative estimate of drug-likeness (QED) is 0.541. The first-order valence-corrected chi connectivity index (χ1v) is 7.67. The summed E-state index contributed by atoms with van der Waals surface area (Å²) in [5, 5.41) is -0.126. The van der Waals surface area contributed by atoms with Gasteiger partial charge in [-0.2, -0.15) is 0 Å². The fourth-order valence-corrected chi connectivity index (χ4v) is 3.71. The van der Waals surface area contributed by atoms with Gasteiger partial charge in [0.2, 0.25) is 0 Å². The predicted octanol–water partition coefficient (Wildman–Crippen LogP) is 6.16. The van der Waals surface area contributed by atoms with Gasteiger partial charge in [-0.05, 0) is 48.7 Å². The summed E-state index contributed by atoms with van der Waals surface area (Å²) in [7, 11) is 0. The molecule has 0 nitrogen and oxygen atoms in total. The van der Waals surface area contributed by atoms with Gasteiger partial charge in [-0.25, -0.2) is 0 Å². The van der Waals surface area contributed by atoms with Crippen molar-refractivity contribution in [1.82, 2.24) is 0 Å². The number of hydrogen-bond donors (Lipinski definition) is 0. The van der Waals surface area contributed by atoms with Crippen molar-refractivity contribution >= 4 is 43.5 Å². The average molecular weight is 389 g/mol. The van der Waals surface area contributed by atoms with Gasteiger partial charge >= 0.3 is 0 Å². The van der Waals surface area contributed by atoms with Crippen LogP contribution >= 0.6 is 43.5 Å². The fraction of sp³-hybridized carbons (Fsp3) is 0.200. The minimum Gasteiger partial charge on any atom is -0.113 e. The van der Waals surface area contributed by atoms with Crippen LogP contribution in [0.4, 0.5) is 0 Å². The summed E-state index contributed by atoms with van der Waals surface area (Å²) in [4.78, 5) is 0. The van der Waals surface area contributed by atoms with E-state index in [0.717, 1.165) is 20.1 Å². The minimum atomic E-state index is -0.126. The fourth-order valence-electron chi connectivity index (χ4n) is 2.01. The Morgan fingerprint density at radius 2 is 1.56 bits per heavy atom. The maximum atomic E-state index is 6.59. The molecular weight excluding hydrogens is 375 g/mol. The van der Waals surface area contributed by atoms with E-state index in [0.29, 0.717) is 0 Å². The predicted molar refractivity (Wildman–Crippen MR) is 85.5 cm³/mol. The lowest BCUT2D eigenvalue weighted by Crippen LogP contribution is -1.97. The largest absolute Gasteiger partial charge is 0.113 e. The second-order valence-corrected chi connectivity index (χ2v) is 6.69. The van der Waals surface area contributed by atoms with Gasteiger partial charge in [0.15, 0.2) is 0 Å². The lowest BCUT2D eigenvalue weighted by atomic mass is 9.98. The number of rotatable bonds is 2. The summed E-state index contributed by atoms with van der Waals surface area (Å²) < 4.78 is 2.06. The standard InChI is InChI=1S/C15H13Br2Cl/c1-9-3-4-14(10(2)5-9)15(18)11-6-12(16)8-13(17)7-11/h3-8,15H,1-2H3. The molecule has 0 spiro atoms. The molecule has 2 rings (SSSR count). The summed E-state index contributed by atoms with van der Waals surface area (Å²) in [6.45, 7) is 4.19. The molecule has 0 heterocycles. The van der Waals surface area contributed by atoms with E-state index in [2.05, 4.69) is 76.0 Å². The Hall–Kier alpha value is -0.310. The summed E-state index contributed by atoms with van der Waals surface area (Å²) >= 11 is 13.6. The van der Waals surface area contributed by atoms with Crippen molar-refractivity contribution in [2.45, 2.75) is 19.2 Å². The molecule has 2 aromatic rings. The van der Waals surface area contributed by atoms with Crippen LogP contribution in [-0.4, -0.2) is 0 Å². The molecule has 0 aliphatic rings. The molecule has 0 bridgehead atoms. The highest BCUT2D eigenvalue weighted by Gasteiger charge is 2.14. The van der Waals surface area contributed by atoms with Crippen LogP contribution in [0.2, 0.25) is 0 Å². The van der Waals surface area contributed by atoms with Gasteiger partial charge in [0, 0.05) is 8.95 Å². The molecule has 0 radical (unpaired) electrons. The Balaban J connectivity index is 2.44. The zero-order valence-corrected chi connectivity index (χ0v) is 14.1. The van der Waals surface area contributed by atoms with E-state index in [1.54, 1.807) is 0 Å². The second-order valence-electron chi connectivity index (χ2n) is 4.43. The van der Waals surface area contributed by atoms with Crippen LogP contribution in [0.3, 0.4) is 0 Å². The van der Waals surface area contributed by atoms with Gasteiger partial charge in [-0.1, -0.05) is 55.6 Å². The van der Waals surface area contributed by atoms with Crippen LogP contribution in [0.25, 0.3) is 0 Å². The first-order chi connectivity index (χ1) is 8.47. The number of alkyl halides is 1. The molecule has 1 atom stereocenters. The van der Waals surface area contributed by atoms with Crippen molar-refractivity contribution in [2.75, 3.05) is 0 Å². The topological polar surface area (TPSA) is 0 Å². The molecule has 2 aromatic carbocycles. The molecule has 3 heteroatoms. The van der Waals surface area contributed by atoms with Gasteiger partial charge in [0.05, 0.1) is 5.38 Å². The zero-order valence-electron chi connectivity index (χ0n) is 10.2. The van der Waals surface area contributed by atoms with Crippen molar-refractivity contribution in [3.8, 4) is 0 Å². The molecule has 0 aliphatic carbocycles. The highest BCUT2D eigenvalue weighted by Crippen LogP contribution is 2.34. The van der Waals surface area contributed by atoms with Gasteiger partial charge in [0.25, 0.3) is 0 Å². The summed E-state index contributed by atoms with van der Waals surface area (Å²) in [6.07, 6.45) is 0. The Morgan fingerprint density at radius 3 is 2.11 bits per heavy atom. The Morgan fingerprint density at radius 1 is 0.944 bits per heavy atom. The highest BCUT2D eigenvalue weighted by molar-refractivity contribution is 9.11. The molecule has 94 valence electrons. The van der Waals surface area contributed by atoms with Crippen LogP contribution < -0.4 is 0 Å². The highest BCUT2D eigenvalue weighted by atomic mass is 79.9. The molecular formula is C15H13Br2Cl. The molecule has 0 saturated heterocycles. The van der Waals surface area contributed by atoms with E-state index in [4.69, 9.17) is 11.6 Å². The van der Waals surface area contributed by atoms with Crippen LogP contribution in [0.5, 0.6) is 0 Å². The number of aryl methyl sites for hydroxylation is 2. The van der Waals surface area contributed by atoms with Crippen molar-refractivity contribution < 1.29 is 0 Å². The Labute approximate surface area is 130 Å². The van der Waals surface area contributed by atoms with Crippen LogP contribution in [0.15, 0.2) is 45.3 Å². The maximum absolute atomic E-state index is 6.59. The lowest BCUT2D eigenvalue weighted by Gasteiger charge is -2.14. The van der Waals surface area contributed by atoms with Crippen LogP contribution in [0.1, 0.15) is 27.6 Å². The van der Waals surface area contributed by atoms with Gasteiger partial charge in [-0.3, -0.25) is 0 Å². The summed E-state index contributed by atoms with van der Waals surface area (Å²) in [5.41, 5.74) is 4.73. The van der Waals surface area contributed by atoms with Crippen molar-refractivity contribution in [2.24, 2.45) is 0 Å². The Bertz CT molecular complexity index is 558. The SMILES string of the molecule is Cc1ccc(C(Cl)c2cc(Br)cc(Br)c2)c(C)c1. The molecule has 0 fully saturated rings. The summed E-state index contributed by atoms with van der Waals surface area (Å²) in [5.74, 6) is 0. The number of halogens is 3. The molecule has 1 unspecified atom stereocenters. The molecule has 0 amide bonds. The van der Waals surface area contributed by atoms with E-state index in [9.17, 15) is 0 Å². The first-order valence-electron chi connectivity index (χ1n) is 5.64. The number of benzene rings is 2. The molecule has 0 aliphatic heterocycles. The van der Waals surface area contributed by atoms with Crippen LogP contribution in [-0.2, 0) is 0 Å². The normalized spacial score (nSPS) is 12.5. The number of hydrogen-bond acceptors (Lipinski definition) is 0. The lowest BCUT2D eigenvalue weighted by molar-refractivity contribution is 1.10. The van der Waals surface area contributed by atoms with Gasteiger partial charge < -0.3 is 0 Å². The van der Waals surface area contributed by atoms with E-state index >= 15 is 0 Å². The molecule has 0 aromatic heterocycles. The van der Waals surface area contributed by atoms with Crippen molar-refractivity contribution in [3.63, 3.8) is 0 Å². The third-order valence-corrected chi connectivity index (χ3v) is 4.28. The monoisotopic (exact) mass is 386 g/mol. The summed E-state index contributed by atoms with van der Waals surface area (Å²) in [6, 6.07) is 12.5. The molecule has 0 saturated carbocycles. The smallest absolute Gasteiger partial charge is 0.0838 e. The third-order valence-electron chi connectivity index (χ3n) is 2.88. The third kappa shape index (κ3) is 3.17. The molecule has 18 heavy (non-hydrogen) atoms. The molecule has 0 N–H and O–H groups in total. The van der Waals surface area contributed by atoms with E-state index < -0.39 is 0 Å². The van der Waals surface area contributed by atoms with Gasteiger partial charge in [0.1, 0.15) is 0 Å². The Kier molecular flexibility index (Phi) is 4.52. The van der Waals surface area contributed by atoms with E-state index in [-0.39, 0.29) is 5.38 Å². The second kappa shape index (κ2) is 5.77. The van der Waals surface area contributed by atoms with Crippen LogP contribution in [0, 0.1) is 13.8 Å². The van der Waals surface area contributed by atoms with E-state index in [1.807, 2.05) is 6.07 Å². The average Bonchev–Trinajstić information content (AvgIpc) is 2.26. The zero-order chi connectivity index (χ0) is 13.3.